The zero-order chi connectivity index (χ0) is 13.8. The van der Waals surface area contributed by atoms with E-state index >= 15 is 0 Å². The number of carboxylic acids is 1. The van der Waals surface area contributed by atoms with Crippen LogP contribution in [0.3, 0.4) is 0 Å². The van der Waals surface area contributed by atoms with Crippen LogP contribution in [-0.4, -0.2) is 33.1 Å². The topological polar surface area (TPSA) is 63.6 Å². The Kier molecular flexibility index (Phi) is 5.08. The quantitative estimate of drug-likeness (QED) is 0.596. The van der Waals surface area contributed by atoms with Crippen LogP contribution in [-0.2, 0) is 14.3 Å². The van der Waals surface area contributed by atoms with Crippen LogP contribution < -0.4 is 0 Å². The molecule has 4 nitrogen and oxygen atoms in total. The van der Waals surface area contributed by atoms with E-state index in [0.717, 1.165) is 25.7 Å². The molecule has 2 atom stereocenters. The number of hydrogen-bond acceptors (Lipinski definition) is 4. The minimum atomic E-state index is -0.962. The molecular formula is C13H22O4S. The monoisotopic (exact) mass is 274 g/mol. The van der Waals surface area contributed by atoms with Crippen molar-refractivity contribution >= 4 is 23.7 Å². The van der Waals surface area contributed by atoms with Crippen LogP contribution in [0.25, 0.3) is 0 Å². The number of carboxylic acid groups (broad SMARTS) is 1. The predicted octanol–water partition coefficient (Wildman–Crippen LogP) is 2.85. The fourth-order valence-electron chi connectivity index (χ4n) is 2.02. The van der Waals surface area contributed by atoms with Crippen molar-refractivity contribution in [2.45, 2.75) is 63.2 Å². The lowest BCUT2D eigenvalue weighted by Gasteiger charge is -2.40. The number of carbonyl (C=O) groups is 2. The fourth-order valence-corrected chi connectivity index (χ4v) is 3.23. The van der Waals surface area contributed by atoms with Crippen molar-refractivity contribution in [2.24, 2.45) is 0 Å². The first-order valence-corrected chi connectivity index (χ1v) is 7.39. The number of rotatable bonds is 6. The molecule has 104 valence electrons. The van der Waals surface area contributed by atoms with Gasteiger partial charge in [0, 0.05) is 5.75 Å². The average Bonchev–Trinajstić information content (AvgIpc) is 2.24. The number of unbranched alkanes of at least 4 members (excludes halogenated alkanes) is 2. The molecule has 0 saturated carbocycles. The molecule has 1 aliphatic heterocycles. The number of hydrogen-bond donors (Lipinski definition) is 1. The van der Waals surface area contributed by atoms with E-state index in [-0.39, 0.29) is 12.4 Å². The molecule has 1 heterocycles. The van der Waals surface area contributed by atoms with E-state index < -0.39 is 16.3 Å². The van der Waals surface area contributed by atoms with Crippen LogP contribution >= 0.6 is 11.8 Å². The van der Waals surface area contributed by atoms with Gasteiger partial charge in [0.05, 0.1) is 6.42 Å². The fraction of sp³-hybridized carbons (Fsp3) is 0.846. The molecule has 1 fully saturated rings. The van der Waals surface area contributed by atoms with Crippen molar-refractivity contribution in [1.29, 1.82) is 0 Å². The van der Waals surface area contributed by atoms with Gasteiger partial charge in [-0.2, -0.15) is 0 Å². The number of esters is 1. The molecule has 2 unspecified atom stereocenters. The van der Waals surface area contributed by atoms with E-state index in [4.69, 9.17) is 9.84 Å². The minimum Gasteiger partial charge on any atom is -0.481 e. The third kappa shape index (κ3) is 3.90. The maximum absolute atomic E-state index is 12.0. The molecule has 0 aromatic carbocycles. The van der Waals surface area contributed by atoms with Crippen molar-refractivity contribution in [3.8, 4) is 0 Å². The lowest BCUT2D eigenvalue weighted by atomic mass is 9.98. The van der Waals surface area contributed by atoms with E-state index in [1.807, 2.05) is 6.92 Å². The van der Waals surface area contributed by atoms with Gasteiger partial charge in [0.25, 0.3) is 0 Å². The van der Waals surface area contributed by atoms with Crippen molar-refractivity contribution in [1.82, 2.24) is 0 Å². The van der Waals surface area contributed by atoms with Crippen LogP contribution in [0.4, 0.5) is 0 Å². The molecule has 1 aliphatic rings. The number of cyclic esters (lactones) is 1. The second-order valence-corrected chi connectivity index (χ2v) is 6.86. The van der Waals surface area contributed by atoms with Gasteiger partial charge in [-0.3, -0.25) is 9.59 Å². The van der Waals surface area contributed by atoms with Gasteiger partial charge in [-0.05, 0) is 26.7 Å². The molecule has 1 rings (SSSR count). The van der Waals surface area contributed by atoms with Gasteiger partial charge in [0.1, 0.15) is 10.3 Å². The first-order valence-electron chi connectivity index (χ1n) is 6.40. The molecule has 0 spiro atoms. The molecule has 0 amide bonds. The summed E-state index contributed by atoms with van der Waals surface area (Å²) in [6.07, 6.45) is 3.97. The Morgan fingerprint density at radius 1 is 1.44 bits per heavy atom. The molecule has 0 aliphatic carbocycles. The standard InChI is InChI=1S/C13H22O4S/c1-4-5-6-7-12(2)9-18-13(3,8-10(14)15)11(16)17-12/h4-9H2,1-3H3,(H,14,15). The first-order chi connectivity index (χ1) is 8.31. The van der Waals surface area contributed by atoms with Gasteiger partial charge in [-0.1, -0.05) is 19.8 Å². The summed E-state index contributed by atoms with van der Waals surface area (Å²) in [4.78, 5) is 22.8. The minimum absolute atomic E-state index is 0.179. The third-order valence-electron chi connectivity index (χ3n) is 3.26. The van der Waals surface area contributed by atoms with Crippen molar-refractivity contribution in [3.05, 3.63) is 0 Å². The van der Waals surface area contributed by atoms with E-state index in [0.29, 0.717) is 5.75 Å². The van der Waals surface area contributed by atoms with Gasteiger partial charge >= 0.3 is 11.9 Å². The van der Waals surface area contributed by atoms with Gasteiger partial charge in [0.2, 0.25) is 0 Å². The number of ether oxygens (including phenoxy) is 1. The summed E-state index contributed by atoms with van der Waals surface area (Å²) in [5, 5.41) is 8.83. The summed E-state index contributed by atoms with van der Waals surface area (Å²) in [5.41, 5.74) is -0.436. The third-order valence-corrected chi connectivity index (χ3v) is 4.97. The summed E-state index contributed by atoms with van der Waals surface area (Å²) >= 11 is 1.41. The zero-order valence-electron chi connectivity index (χ0n) is 11.3. The SMILES string of the molecule is CCCCCC1(C)CSC(C)(CC(=O)O)C(=O)O1. The smallest absolute Gasteiger partial charge is 0.323 e. The highest BCUT2D eigenvalue weighted by atomic mass is 32.2. The Labute approximate surface area is 112 Å². The molecule has 1 saturated heterocycles. The number of carbonyl (C=O) groups excluding carboxylic acids is 1. The van der Waals surface area contributed by atoms with Gasteiger partial charge < -0.3 is 9.84 Å². The molecule has 5 heteroatoms. The Morgan fingerprint density at radius 3 is 2.61 bits per heavy atom. The molecule has 0 aromatic rings. The molecule has 0 bridgehead atoms. The Morgan fingerprint density at radius 2 is 2.11 bits per heavy atom. The lowest BCUT2D eigenvalue weighted by Crippen LogP contribution is -2.49. The summed E-state index contributed by atoms with van der Waals surface area (Å²) in [6.45, 7) is 5.72. The van der Waals surface area contributed by atoms with Crippen LogP contribution in [0.2, 0.25) is 0 Å². The average molecular weight is 274 g/mol. The summed E-state index contributed by atoms with van der Waals surface area (Å²) < 4.78 is 4.58. The second kappa shape index (κ2) is 5.95. The number of thioether (sulfide) groups is 1. The highest BCUT2D eigenvalue weighted by Gasteiger charge is 2.47. The van der Waals surface area contributed by atoms with Gasteiger partial charge in [0.15, 0.2) is 0 Å². The second-order valence-electron chi connectivity index (χ2n) is 5.39. The van der Waals surface area contributed by atoms with Crippen molar-refractivity contribution in [3.63, 3.8) is 0 Å². The van der Waals surface area contributed by atoms with Crippen molar-refractivity contribution in [2.75, 3.05) is 5.75 Å². The molecular weight excluding hydrogens is 252 g/mol. The van der Waals surface area contributed by atoms with Gasteiger partial charge in [-0.15, -0.1) is 11.8 Å². The zero-order valence-corrected chi connectivity index (χ0v) is 12.1. The normalized spacial score (nSPS) is 32.1. The van der Waals surface area contributed by atoms with E-state index in [9.17, 15) is 9.59 Å². The maximum Gasteiger partial charge on any atom is 0.323 e. The number of aliphatic carboxylic acids is 1. The first kappa shape index (κ1) is 15.3. The Balaban J connectivity index is 2.59. The summed E-state index contributed by atoms with van der Waals surface area (Å²) in [7, 11) is 0. The van der Waals surface area contributed by atoms with Gasteiger partial charge in [-0.25, -0.2) is 0 Å². The van der Waals surface area contributed by atoms with Crippen molar-refractivity contribution < 1.29 is 19.4 Å². The Hall–Kier alpha value is -0.710. The highest BCUT2D eigenvalue weighted by molar-refractivity contribution is 8.01. The van der Waals surface area contributed by atoms with Crippen LogP contribution in [0.5, 0.6) is 0 Å². The largest absolute Gasteiger partial charge is 0.481 e. The Bertz CT molecular complexity index is 331. The highest BCUT2D eigenvalue weighted by Crippen LogP contribution is 2.41. The molecule has 0 aromatic heterocycles. The molecule has 0 radical (unpaired) electrons. The van der Waals surface area contributed by atoms with E-state index in [1.165, 1.54) is 11.8 Å². The van der Waals surface area contributed by atoms with E-state index in [2.05, 4.69) is 6.92 Å². The maximum atomic E-state index is 12.0. The summed E-state index contributed by atoms with van der Waals surface area (Å²) in [6, 6.07) is 0. The lowest BCUT2D eigenvalue weighted by molar-refractivity contribution is -0.163. The van der Waals surface area contributed by atoms with E-state index in [1.54, 1.807) is 6.92 Å². The van der Waals surface area contributed by atoms with Crippen LogP contribution in [0.1, 0.15) is 52.9 Å². The van der Waals surface area contributed by atoms with Crippen LogP contribution in [0.15, 0.2) is 0 Å². The van der Waals surface area contributed by atoms with Crippen LogP contribution in [0, 0.1) is 0 Å². The molecule has 1 N–H and O–H groups in total. The molecule has 18 heavy (non-hydrogen) atoms. The summed E-state index contributed by atoms with van der Waals surface area (Å²) in [5.74, 6) is -0.677. The predicted molar refractivity (Wildman–Crippen MR) is 71.8 cm³/mol.